The first-order valence-corrected chi connectivity index (χ1v) is 9.60. The van der Waals surface area contributed by atoms with Gasteiger partial charge < -0.3 is 5.32 Å². The Morgan fingerprint density at radius 3 is 2.56 bits per heavy atom. The van der Waals surface area contributed by atoms with Crippen LogP contribution in [0.1, 0.15) is 23.6 Å². The lowest BCUT2D eigenvalue weighted by Gasteiger charge is -2.24. The van der Waals surface area contributed by atoms with Crippen molar-refractivity contribution in [1.82, 2.24) is 4.90 Å². The number of carbonyl (C=O) groups excluding carboxylic acids is 1. The second-order valence-electron chi connectivity index (χ2n) is 6.29. The molecule has 1 aliphatic carbocycles. The van der Waals surface area contributed by atoms with Gasteiger partial charge in [-0.05, 0) is 55.3 Å². The molecular weight excluding hydrogens is 338 g/mol. The predicted molar refractivity (Wildman–Crippen MR) is 96.6 cm³/mol. The van der Waals surface area contributed by atoms with E-state index in [9.17, 15) is 13.2 Å². The van der Waals surface area contributed by atoms with Crippen LogP contribution in [-0.2, 0) is 21.2 Å². The van der Waals surface area contributed by atoms with Crippen molar-refractivity contribution in [2.24, 2.45) is 5.14 Å². The Kier molecular flexibility index (Phi) is 4.89. The maximum absolute atomic E-state index is 12.3. The van der Waals surface area contributed by atoms with E-state index in [4.69, 9.17) is 5.14 Å². The number of sulfonamides is 1. The first-order chi connectivity index (χ1) is 11.8. The van der Waals surface area contributed by atoms with E-state index in [0.717, 1.165) is 12.8 Å². The van der Waals surface area contributed by atoms with Crippen molar-refractivity contribution in [3.05, 3.63) is 59.7 Å². The number of fused-ring (bicyclic) bond motifs is 1. The highest BCUT2D eigenvalue weighted by atomic mass is 32.2. The van der Waals surface area contributed by atoms with Gasteiger partial charge in [-0.1, -0.05) is 24.3 Å². The second-order valence-corrected chi connectivity index (χ2v) is 7.85. The zero-order chi connectivity index (χ0) is 18.0. The summed E-state index contributed by atoms with van der Waals surface area (Å²) in [6, 6.07) is 14.4. The van der Waals surface area contributed by atoms with E-state index in [-0.39, 0.29) is 23.4 Å². The van der Waals surface area contributed by atoms with Crippen LogP contribution in [0.2, 0.25) is 0 Å². The number of nitrogens with zero attached hydrogens (tertiary/aromatic N) is 1. The molecule has 0 aliphatic heterocycles. The minimum Gasteiger partial charge on any atom is -0.325 e. The summed E-state index contributed by atoms with van der Waals surface area (Å²) in [4.78, 5) is 14.3. The van der Waals surface area contributed by atoms with Gasteiger partial charge in [-0.15, -0.1) is 0 Å². The summed E-state index contributed by atoms with van der Waals surface area (Å²) in [6.07, 6.45) is 2.04. The van der Waals surface area contributed by atoms with Crippen LogP contribution < -0.4 is 10.5 Å². The molecule has 0 radical (unpaired) electrons. The van der Waals surface area contributed by atoms with Crippen molar-refractivity contribution in [1.29, 1.82) is 0 Å². The fraction of sp³-hybridized carbons (Fsp3) is 0.278. The minimum atomic E-state index is -3.73. The van der Waals surface area contributed by atoms with Crippen LogP contribution in [0.4, 0.5) is 5.69 Å². The number of amides is 1. The first-order valence-electron chi connectivity index (χ1n) is 8.05. The van der Waals surface area contributed by atoms with Crippen LogP contribution >= 0.6 is 0 Å². The third-order valence-corrected chi connectivity index (χ3v) is 5.42. The summed E-state index contributed by atoms with van der Waals surface area (Å²) in [7, 11) is -1.79. The number of hydrogen-bond acceptors (Lipinski definition) is 4. The van der Waals surface area contributed by atoms with Gasteiger partial charge >= 0.3 is 0 Å². The third kappa shape index (κ3) is 4.07. The number of rotatable bonds is 5. The Balaban J connectivity index is 1.61. The molecule has 1 aliphatic rings. The number of nitrogens with two attached hydrogens (primary N) is 1. The standard InChI is InChI=1S/C18H21N3O3S/c1-21(17-11-6-13-4-2-3-5-16(13)17)12-18(22)20-14-7-9-15(10-8-14)25(19,23)24/h2-5,7-10,17H,6,11-12H2,1H3,(H,20,22)(H2,19,23,24)/t17-/m1/s1. The van der Waals surface area contributed by atoms with Crippen LogP contribution in [0, 0.1) is 0 Å². The lowest BCUT2D eigenvalue weighted by atomic mass is 10.1. The first kappa shape index (κ1) is 17.6. The molecule has 132 valence electrons. The van der Waals surface area contributed by atoms with Crippen molar-refractivity contribution in [3.63, 3.8) is 0 Å². The molecular formula is C18H21N3O3S. The fourth-order valence-corrected chi connectivity index (χ4v) is 3.77. The average Bonchev–Trinajstić information content (AvgIpc) is 2.98. The van der Waals surface area contributed by atoms with Crippen LogP contribution in [0.25, 0.3) is 0 Å². The number of hydrogen-bond donors (Lipinski definition) is 2. The lowest BCUT2D eigenvalue weighted by Crippen LogP contribution is -2.32. The quantitative estimate of drug-likeness (QED) is 0.853. The number of primary sulfonamides is 1. The fourth-order valence-electron chi connectivity index (χ4n) is 3.26. The summed E-state index contributed by atoms with van der Waals surface area (Å²) < 4.78 is 22.5. The molecule has 3 rings (SSSR count). The number of likely N-dealkylation sites (N-methyl/N-ethyl adjacent to an activating group) is 1. The summed E-state index contributed by atoms with van der Waals surface area (Å²) in [5.74, 6) is -0.143. The van der Waals surface area contributed by atoms with E-state index in [2.05, 4.69) is 17.4 Å². The van der Waals surface area contributed by atoms with Crippen LogP contribution in [-0.4, -0.2) is 32.8 Å². The number of carbonyl (C=O) groups is 1. The number of anilines is 1. The summed E-state index contributed by atoms with van der Waals surface area (Å²) >= 11 is 0. The second kappa shape index (κ2) is 6.95. The number of benzene rings is 2. The maximum atomic E-state index is 12.3. The molecule has 0 saturated carbocycles. The molecule has 3 N–H and O–H groups in total. The Labute approximate surface area is 147 Å². The summed E-state index contributed by atoms with van der Waals surface area (Å²) in [5.41, 5.74) is 3.17. The van der Waals surface area contributed by atoms with E-state index in [1.807, 2.05) is 24.1 Å². The zero-order valence-corrected chi connectivity index (χ0v) is 14.8. The normalized spacial score (nSPS) is 16.7. The van der Waals surface area contributed by atoms with Crippen molar-refractivity contribution in [3.8, 4) is 0 Å². The topological polar surface area (TPSA) is 92.5 Å². The molecule has 6 nitrogen and oxygen atoms in total. The molecule has 0 spiro atoms. The van der Waals surface area contributed by atoms with Crippen LogP contribution in [0.5, 0.6) is 0 Å². The third-order valence-electron chi connectivity index (χ3n) is 4.49. The van der Waals surface area contributed by atoms with Crippen molar-refractivity contribution < 1.29 is 13.2 Å². The monoisotopic (exact) mass is 359 g/mol. The smallest absolute Gasteiger partial charge is 0.238 e. The molecule has 0 unspecified atom stereocenters. The molecule has 0 aromatic heterocycles. The molecule has 0 saturated heterocycles. The molecule has 1 amide bonds. The van der Waals surface area contributed by atoms with E-state index in [1.54, 1.807) is 0 Å². The van der Waals surface area contributed by atoms with Gasteiger partial charge in [-0.2, -0.15) is 0 Å². The van der Waals surface area contributed by atoms with Gasteiger partial charge in [0.25, 0.3) is 0 Å². The molecule has 2 aromatic carbocycles. The molecule has 25 heavy (non-hydrogen) atoms. The summed E-state index contributed by atoms with van der Waals surface area (Å²) in [5, 5.41) is 7.84. The van der Waals surface area contributed by atoms with Gasteiger partial charge in [0.1, 0.15) is 0 Å². The molecule has 0 heterocycles. The highest BCUT2D eigenvalue weighted by molar-refractivity contribution is 7.89. The Hall–Kier alpha value is -2.22. The largest absolute Gasteiger partial charge is 0.325 e. The van der Waals surface area contributed by atoms with Crippen LogP contribution in [0.3, 0.4) is 0 Å². The van der Waals surface area contributed by atoms with E-state index >= 15 is 0 Å². The lowest BCUT2D eigenvalue weighted by molar-refractivity contribution is -0.117. The molecule has 2 aromatic rings. The summed E-state index contributed by atoms with van der Waals surface area (Å²) in [6.45, 7) is 0.260. The van der Waals surface area contributed by atoms with Gasteiger partial charge in [0.15, 0.2) is 0 Å². The SMILES string of the molecule is CN(CC(=O)Nc1ccc(S(N)(=O)=O)cc1)[C@@H]1CCc2ccccc21. The van der Waals surface area contributed by atoms with Gasteiger partial charge in [0.05, 0.1) is 11.4 Å². The number of aryl methyl sites for hydroxylation is 1. The molecule has 0 bridgehead atoms. The zero-order valence-electron chi connectivity index (χ0n) is 14.0. The van der Waals surface area contributed by atoms with Gasteiger partial charge in [0, 0.05) is 11.7 Å². The predicted octanol–water partition coefficient (Wildman–Crippen LogP) is 1.89. The molecule has 7 heteroatoms. The minimum absolute atomic E-state index is 0.0187. The van der Waals surface area contributed by atoms with E-state index in [1.165, 1.54) is 35.4 Å². The van der Waals surface area contributed by atoms with Crippen molar-refractivity contribution in [2.75, 3.05) is 18.9 Å². The van der Waals surface area contributed by atoms with Crippen LogP contribution in [0.15, 0.2) is 53.4 Å². The molecule has 0 fully saturated rings. The van der Waals surface area contributed by atoms with Crippen molar-refractivity contribution >= 4 is 21.6 Å². The Morgan fingerprint density at radius 2 is 1.88 bits per heavy atom. The average molecular weight is 359 g/mol. The van der Waals surface area contributed by atoms with Crippen molar-refractivity contribution in [2.45, 2.75) is 23.8 Å². The van der Waals surface area contributed by atoms with E-state index in [0.29, 0.717) is 5.69 Å². The molecule has 1 atom stereocenters. The van der Waals surface area contributed by atoms with E-state index < -0.39 is 10.0 Å². The van der Waals surface area contributed by atoms with Gasteiger partial charge in [-0.25, -0.2) is 13.6 Å². The Bertz CT molecular complexity index is 879. The maximum Gasteiger partial charge on any atom is 0.238 e. The van der Waals surface area contributed by atoms with Gasteiger partial charge in [-0.3, -0.25) is 9.69 Å². The highest BCUT2D eigenvalue weighted by Crippen LogP contribution is 2.34. The highest BCUT2D eigenvalue weighted by Gasteiger charge is 2.26. The number of nitrogens with one attached hydrogen (secondary N) is 1. The Morgan fingerprint density at radius 1 is 1.20 bits per heavy atom. The van der Waals surface area contributed by atoms with Gasteiger partial charge in [0.2, 0.25) is 15.9 Å².